The van der Waals surface area contributed by atoms with Crippen LogP contribution in [0.1, 0.15) is 27.0 Å². The van der Waals surface area contributed by atoms with Gasteiger partial charge >= 0.3 is 5.97 Å². The lowest BCUT2D eigenvalue weighted by molar-refractivity contribution is 0.0697. The molecule has 3 nitrogen and oxygen atoms in total. The second-order valence-corrected chi connectivity index (χ2v) is 4.86. The van der Waals surface area contributed by atoms with Gasteiger partial charge in [0.2, 0.25) is 0 Å². The van der Waals surface area contributed by atoms with Crippen LogP contribution >= 0.6 is 0 Å². The minimum Gasteiger partial charge on any atom is -0.493 e. The van der Waals surface area contributed by atoms with Crippen LogP contribution in [0, 0.1) is 13.8 Å². The number of aryl methyl sites for hydroxylation is 2. The molecule has 0 heterocycles. The molecular weight excluding hydrogens is 252 g/mol. The summed E-state index contributed by atoms with van der Waals surface area (Å²) < 4.78 is 5.64. The molecule has 0 fully saturated rings. The number of ether oxygens (including phenoxy) is 1. The molecule has 0 radical (unpaired) electrons. The van der Waals surface area contributed by atoms with Crippen molar-refractivity contribution >= 4 is 5.97 Å². The van der Waals surface area contributed by atoms with Gasteiger partial charge in [0, 0.05) is 6.42 Å². The van der Waals surface area contributed by atoms with Gasteiger partial charge in [-0.15, -0.1) is 0 Å². The molecule has 1 N–H and O–H groups in total. The van der Waals surface area contributed by atoms with E-state index in [9.17, 15) is 4.79 Å². The van der Waals surface area contributed by atoms with Gasteiger partial charge in [-0.2, -0.15) is 0 Å². The van der Waals surface area contributed by atoms with Gasteiger partial charge in [-0.05, 0) is 49.2 Å². The second kappa shape index (κ2) is 6.24. The zero-order chi connectivity index (χ0) is 14.5. The average Bonchev–Trinajstić information content (AvgIpc) is 2.42. The molecule has 0 aliphatic heterocycles. The summed E-state index contributed by atoms with van der Waals surface area (Å²) in [5, 5.41) is 8.81. The van der Waals surface area contributed by atoms with E-state index in [0.717, 1.165) is 6.42 Å². The van der Waals surface area contributed by atoms with Crippen molar-refractivity contribution in [3.05, 3.63) is 64.7 Å². The number of hydrogen-bond donors (Lipinski definition) is 1. The highest BCUT2D eigenvalue weighted by molar-refractivity contribution is 5.87. The van der Waals surface area contributed by atoms with E-state index in [4.69, 9.17) is 9.84 Å². The Bertz CT molecular complexity index is 600. The first-order valence-corrected chi connectivity index (χ1v) is 6.58. The van der Waals surface area contributed by atoms with E-state index >= 15 is 0 Å². The summed E-state index contributed by atoms with van der Waals surface area (Å²) in [6, 6.07) is 12.9. The topological polar surface area (TPSA) is 46.5 Å². The summed E-state index contributed by atoms with van der Waals surface area (Å²) >= 11 is 0. The van der Waals surface area contributed by atoms with E-state index in [2.05, 4.69) is 32.0 Å². The molecule has 0 unspecified atom stereocenters. The SMILES string of the molecule is Cc1ccc(CCOc2ccc(C(=O)O)cc2)c(C)c1. The normalized spacial score (nSPS) is 10.3. The van der Waals surface area contributed by atoms with Crippen LogP contribution in [0.15, 0.2) is 42.5 Å². The van der Waals surface area contributed by atoms with Gasteiger partial charge in [0.25, 0.3) is 0 Å². The number of carboxylic acid groups (broad SMARTS) is 1. The van der Waals surface area contributed by atoms with Crippen LogP contribution in [-0.4, -0.2) is 17.7 Å². The Labute approximate surface area is 118 Å². The third kappa shape index (κ3) is 3.60. The van der Waals surface area contributed by atoms with Crippen LogP contribution in [-0.2, 0) is 6.42 Å². The molecule has 2 rings (SSSR count). The number of aromatic carboxylic acids is 1. The number of carbonyl (C=O) groups is 1. The number of rotatable bonds is 5. The first-order chi connectivity index (χ1) is 9.56. The molecule has 0 aromatic heterocycles. The summed E-state index contributed by atoms with van der Waals surface area (Å²) in [5.41, 5.74) is 4.08. The van der Waals surface area contributed by atoms with E-state index in [1.807, 2.05) is 0 Å². The smallest absolute Gasteiger partial charge is 0.335 e. The Morgan fingerprint density at radius 3 is 2.40 bits per heavy atom. The standard InChI is InChI=1S/C17H18O3/c1-12-3-4-14(13(2)11-12)9-10-20-16-7-5-15(6-8-16)17(18)19/h3-8,11H,9-10H2,1-2H3,(H,18,19). The van der Waals surface area contributed by atoms with Crippen molar-refractivity contribution in [3.8, 4) is 5.75 Å². The van der Waals surface area contributed by atoms with Crippen molar-refractivity contribution in [2.75, 3.05) is 6.61 Å². The molecule has 0 aliphatic carbocycles. The Balaban J connectivity index is 1.91. The van der Waals surface area contributed by atoms with Crippen molar-refractivity contribution in [2.24, 2.45) is 0 Å². The maximum atomic E-state index is 10.7. The molecule has 2 aromatic carbocycles. The third-order valence-corrected chi connectivity index (χ3v) is 3.24. The number of carboxylic acids is 1. The van der Waals surface area contributed by atoms with Crippen LogP contribution in [0.25, 0.3) is 0 Å². The minimum atomic E-state index is -0.924. The molecule has 0 saturated heterocycles. The molecule has 2 aromatic rings. The Morgan fingerprint density at radius 2 is 1.80 bits per heavy atom. The lowest BCUT2D eigenvalue weighted by Gasteiger charge is -2.09. The summed E-state index contributed by atoms with van der Waals surface area (Å²) in [5.74, 6) is -0.230. The van der Waals surface area contributed by atoms with Gasteiger partial charge in [0.15, 0.2) is 0 Å². The first kappa shape index (κ1) is 14.1. The minimum absolute atomic E-state index is 0.270. The Morgan fingerprint density at radius 1 is 1.10 bits per heavy atom. The zero-order valence-electron chi connectivity index (χ0n) is 11.7. The van der Waals surface area contributed by atoms with E-state index in [1.54, 1.807) is 24.3 Å². The molecule has 0 bridgehead atoms. The van der Waals surface area contributed by atoms with Crippen molar-refractivity contribution in [1.82, 2.24) is 0 Å². The van der Waals surface area contributed by atoms with Crippen molar-refractivity contribution in [1.29, 1.82) is 0 Å². The highest BCUT2D eigenvalue weighted by Crippen LogP contribution is 2.14. The van der Waals surface area contributed by atoms with E-state index in [0.29, 0.717) is 12.4 Å². The third-order valence-electron chi connectivity index (χ3n) is 3.24. The second-order valence-electron chi connectivity index (χ2n) is 4.86. The molecule has 20 heavy (non-hydrogen) atoms. The van der Waals surface area contributed by atoms with Gasteiger partial charge in [0.1, 0.15) is 5.75 Å². The number of benzene rings is 2. The summed E-state index contributed by atoms with van der Waals surface area (Å²) in [6.07, 6.45) is 0.840. The fraction of sp³-hybridized carbons (Fsp3) is 0.235. The first-order valence-electron chi connectivity index (χ1n) is 6.58. The predicted molar refractivity (Wildman–Crippen MR) is 78.5 cm³/mol. The van der Waals surface area contributed by atoms with Crippen molar-refractivity contribution in [3.63, 3.8) is 0 Å². The number of hydrogen-bond acceptors (Lipinski definition) is 2. The van der Waals surface area contributed by atoms with Crippen LogP contribution in [0.4, 0.5) is 0 Å². The highest BCUT2D eigenvalue weighted by Gasteiger charge is 2.03. The van der Waals surface area contributed by atoms with Gasteiger partial charge in [-0.3, -0.25) is 0 Å². The predicted octanol–water partition coefficient (Wildman–Crippen LogP) is 3.62. The molecule has 0 spiro atoms. The van der Waals surface area contributed by atoms with Gasteiger partial charge in [-0.25, -0.2) is 4.79 Å². The fourth-order valence-corrected chi connectivity index (χ4v) is 2.10. The van der Waals surface area contributed by atoms with E-state index in [-0.39, 0.29) is 5.56 Å². The van der Waals surface area contributed by atoms with Gasteiger partial charge < -0.3 is 9.84 Å². The van der Waals surface area contributed by atoms with E-state index in [1.165, 1.54) is 16.7 Å². The van der Waals surface area contributed by atoms with Crippen LogP contribution in [0.2, 0.25) is 0 Å². The Hall–Kier alpha value is -2.29. The van der Waals surface area contributed by atoms with Crippen molar-refractivity contribution in [2.45, 2.75) is 20.3 Å². The lowest BCUT2D eigenvalue weighted by atomic mass is 10.0. The van der Waals surface area contributed by atoms with Gasteiger partial charge in [-0.1, -0.05) is 23.8 Å². The molecule has 0 atom stereocenters. The maximum Gasteiger partial charge on any atom is 0.335 e. The molecule has 0 saturated carbocycles. The van der Waals surface area contributed by atoms with Gasteiger partial charge in [0.05, 0.1) is 12.2 Å². The monoisotopic (exact) mass is 270 g/mol. The largest absolute Gasteiger partial charge is 0.493 e. The van der Waals surface area contributed by atoms with Crippen LogP contribution < -0.4 is 4.74 Å². The quantitative estimate of drug-likeness (QED) is 0.902. The summed E-state index contributed by atoms with van der Waals surface area (Å²) in [6.45, 7) is 4.76. The summed E-state index contributed by atoms with van der Waals surface area (Å²) in [4.78, 5) is 10.7. The molecular formula is C17H18O3. The molecule has 104 valence electrons. The van der Waals surface area contributed by atoms with E-state index < -0.39 is 5.97 Å². The maximum absolute atomic E-state index is 10.7. The van der Waals surface area contributed by atoms with Crippen LogP contribution in [0.3, 0.4) is 0 Å². The average molecular weight is 270 g/mol. The Kier molecular flexibility index (Phi) is 4.41. The summed E-state index contributed by atoms with van der Waals surface area (Å²) in [7, 11) is 0. The molecule has 0 amide bonds. The van der Waals surface area contributed by atoms with Crippen molar-refractivity contribution < 1.29 is 14.6 Å². The van der Waals surface area contributed by atoms with Crippen LogP contribution in [0.5, 0.6) is 5.75 Å². The highest BCUT2D eigenvalue weighted by atomic mass is 16.5. The molecule has 0 aliphatic rings. The molecule has 3 heteroatoms. The fourth-order valence-electron chi connectivity index (χ4n) is 2.10. The lowest BCUT2D eigenvalue weighted by Crippen LogP contribution is -2.03. The zero-order valence-corrected chi connectivity index (χ0v) is 11.7.